The van der Waals surface area contributed by atoms with Gasteiger partial charge in [0.05, 0.1) is 0 Å². The Labute approximate surface area is 126 Å². The second kappa shape index (κ2) is 7.25. The van der Waals surface area contributed by atoms with Crippen molar-refractivity contribution in [2.24, 2.45) is 5.92 Å². The molecule has 0 spiro atoms. The Kier molecular flexibility index (Phi) is 5.37. The molecule has 2 N–H and O–H groups in total. The van der Waals surface area contributed by atoms with Crippen LogP contribution in [0, 0.1) is 12.8 Å². The van der Waals surface area contributed by atoms with Gasteiger partial charge < -0.3 is 10.6 Å². The lowest BCUT2D eigenvalue weighted by atomic mass is 9.97. The Morgan fingerprint density at radius 3 is 2.38 bits per heavy atom. The summed E-state index contributed by atoms with van der Waals surface area (Å²) < 4.78 is 0. The number of nitrogens with one attached hydrogen (secondary N) is 2. The maximum atomic E-state index is 12.4. The van der Waals surface area contributed by atoms with E-state index in [1.165, 1.54) is 12.5 Å². The predicted octanol–water partition coefficient (Wildman–Crippen LogP) is 2.31. The molecule has 0 radical (unpaired) electrons. The van der Waals surface area contributed by atoms with Crippen LogP contribution in [0.15, 0.2) is 24.3 Å². The fourth-order valence-electron chi connectivity index (χ4n) is 2.91. The van der Waals surface area contributed by atoms with Crippen molar-refractivity contribution in [3.05, 3.63) is 35.4 Å². The van der Waals surface area contributed by atoms with Crippen molar-refractivity contribution in [3.63, 3.8) is 0 Å². The molecule has 0 unspecified atom stereocenters. The molecular formula is C17H24N2O2. The molecule has 114 valence electrons. The molecule has 2 amide bonds. The third-order valence-electron chi connectivity index (χ3n) is 4.10. The Hall–Kier alpha value is -1.84. The van der Waals surface area contributed by atoms with Crippen LogP contribution < -0.4 is 10.6 Å². The highest BCUT2D eigenvalue weighted by Crippen LogP contribution is 2.27. The summed E-state index contributed by atoms with van der Waals surface area (Å²) in [5.41, 5.74) is 2.27. The molecule has 0 heterocycles. The molecular weight excluding hydrogens is 264 g/mol. The SMILES string of the molecule is CC(=O)N[C@@H](C(=O)NCc1ccc(C)cc1)C1CCCC1. The third kappa shape index (κ3) is 4.59. The zero-order chi connectivity index (χ0) is 15.2. The zero-order valence-corrected chi connectivity index (χ0v) is 12.8. The summed E-state index contributed by atoms with van der Waals surface area (Å²) in [5, 5.41) is 5.76. The van der Waals surface area contributed by atoms with Crippen LogP contribution in [-0.4, -0.2) is 17.9 Å². The van der Waals surface area contributed by atoms with Gasteiger partial charge in [-0.2, -0.15) is 0 Å². The minimum absolute atomic E-state index is 0.0716. The summed E-state index contributed by atoms with van der Waals surface area (Å²) in [7, 11) is 0. The second-order valence-corrected chi connectivity index (χ2v) is 5.93. The number of aryl methyl sites for hydroxylation is 1. The van der Waals surface area contributed by atoms with E-state index in [-0.39, 0.29) is 17.7 Å². The molecule has 2 rings (SSSR count). The molecule has 1 aromatic rings. The molecule has 1 aliphatic carbocycles. The molecule has 1 fully saturated rings. The maximum absolute atomic E-state index is 12.4. The van der Waals surface area contributed by atoms with Gasteiger partial charge in [-0.15, -0.1) is 0 Å². The molecule has 0 saturated heterocycles. The van der Waals surface area contributed by atoms with Crippen molar-refractivity contribution < 1.29 is 9.59 Å². The molecule has 21 heavy (non-hydrogen) atoms. The standard InChI is InChI=1S/C17H24N2O2/c1-12-7-9-14(10-8-12)11-18-17(21)16(19-13(2)20)15-5-3-4-6-15/h7-10,15-16H,3-6,11H2,1-2H3,(H,18,21)(H,19,20)/t16-/m1/s1. The van der Waals surface area contributed by atoms with Gasteiger partial charge in [0, 0.05) is 13.5 Å². The van der Waals surface area contributed by atoms with E-state index in [0.29, 0.717) is 6.54 Å². The van der Waals surface area contributed by atoms with Crippen molar-refractivity contribution >= 4 is 11.8 Å². The quantitative estimate of drug-likeness (QED) is 0.873. The highest BCUT2D eigenvalue weighted by Gasteiger charge is 2.30. The van der Waals surface area contributed by atoms with Gasteiger partial charge in [-0.1, -0.05) is 42.7 Å². The van der Waals surface area contributed by atoms with Crippen LogP contribution in [0.4, 0.5) is 0 Å². The van der Waals surface area contributed by atoms with Crippen LogP contribution in [0.2, 0.25) is 0 Å². The Balaban J connectivity index is 1.94. The topological polar surface area (TPSA) is 58.2 Å². The maximum Gasteiger partial charge on any atom is 0.243 e. The summed E-state index contributed by atoms with van der Waals surface area (Å²) in [6, 6.07) is 7.69. The molecule has 4 heteroatoms. The summed E-state index contributed by atoms with van der Waals surface area (Å²) in [6.07, 6.45) is 4.32. The minimum atomic E-state index is -0.393. The molecule has 0 aromatic heterocycles. The van der Waals surface area contributed by atoms with Gasteiger partial charge in [0.1, 0.15) is 6.04 Å². The number of hydrogen-bond donors (Lipinski definition) is 2. The molecule has 1 atom stereocenters. The predicted molar refractivity (Wildman–Crippen MR) is 82.6 cm³/mol. The zero-order valence-electron chi connectivity index (χ0n) is 12.8. The van der Waals surface area contributed by atoms with Crippen LogP contribution in [-0.2, 0) is 16.1 Å². The lowest BCUT2D eigenvalue weighted by molar-refractivity contribution is -0.129. The molecule has 0 aliphatic heterocycles. The normalized spacial score (nSPS) is 16.5. The van der Waals surface area contributed by atoms with Gasteiger partial charge >= 0.3 is 0 Å². The van der Waals surface area contributed by atoms with E-state index >= 15 is 0 Å². The number of benzene rings is 1. The van der Waals surface area contributed by atoms with Crippen LogP contribution in [0.3, 0.4) is 0 Å². The Morgan fingerprint density at radius 1 is 1.19 bits per heavy atom. The van der Waals surface area contributed by atoms with E-state index in [4.69, 9.17) is 0 Å². The van der Waals surface area contributed by atoms with Crippen molar-refractivity contribution in [2.45, 2.75) is 52.1 Å². The van der Waals surface area contributed by atoms with Gasteiger partial charge in [0.15, 0.2) is 0 Å². The number of rotatable bonds is 5. The molecule has 1 saturated carbocycles. The lowest BCUT2D eigenvalue weighted by Gasteiger charge is -2.23. The van der Waals surface area contributed by atoms with Gasteiger partial charge in [-0.3, -0.25) is 9.59 Å². The van der Waals surface area contributed by atoms with Crippen molar-refractivity contribution in [1.29, 1.82) is 0 Å². The summed E-state index contributed by atoms with van der Waals surface area (Å²) in [6.45, 7) is 4.01. The van der Waals surface area contributed by atoms with Gasteiger partial charge in [0.25, 0.3) is 0 Å². The number of hydrogen-bond acceptors (Lipinski definition) is 2. The third-order valence-corrected chi connectivity index (χ3v) is 4.10. The summed E-state index contributed by atoms with van der Waals surface area (Å²) in [5.74, 6) is 0.0574. The molecule has 1 aliphatic rings. The van der Waals surface area contributed by atoms with Crippen LogP contribution >= 0.6 is 0 Å². The van der Waals surface area contributed by atoms with E-state index in [2.05, 4.69) is 10.6 Å². The van der Waals surface area contributed by atoms with Gasteiger partial charge in [0.2, 0.25) is 11.8 Å². The first kappa shape index (κ1) is 15.5. The average Bonchev–Trinajstić information content (AvgIpc) is 2.97. The Morgan fingerprint density at radius 2 is 1.81 bits per heavy atom. The minimum Gasteiger partial charge on any atom is -0.350 e. The fraction of sp³-hybridized carbons (Fsp3) is 0.529. The Bertz CT molecular complexity index is 490. The van der Waals surface area contributed by atoms with Crippen molar-refractivity contribution in [1.82, 2.24) is 10.6 Å². The van der Waals surface area contributed by atoms with E-state index in [1.807, 2.05) is 31.2 Å². The number of carbonyl (C=O) groups excluding carboxylic acids is 2. The van der Waals surface area contributed by atoms with E-state index in [9.17, 15) is 9.59 Å². The highest BCUT2D eigenvalue weighted by atomic mass is 16.2. The largest absolute Gasteiger partial charge is 0.350 e. The first-order chi connectivity index (χ1) is 10.1. The summed E-state index contributed by atoms with van der Waals surface area (Å²) in [4.78, 5) is 23.7. The van der Waals surface area contributed by atoms with Gasteiger partial charge in [-0.05, 0) is 31.2 Å². The van der Waals surface area contributed by atoms with Crippen molar-refractivity contribution in [3.8, 4) is 0 Å². The van der Waals surface area contributed by atoms with Gasteiger partial charge in [-0.25, -0.2) is 0 Å². The van der Waals surface area contributed by atoms with Crippen LogP contribution in [0.25, 0.3) is 0 Å². The van der Waals surface area contributed by atoms with Crippen LogP contribution in [0.1, 0.15) is 43.7 Å². The monoisotopic (exact) mass is 288 g/mol. The molecule has 0 bridgehead atoms. The van der Waals surface area contributed by atoms with E-state index < -0.39 is 6.04 Å². The second-order valence-electron chi connectivity index (χ2n) is 5.93. The molecule has 1 aromatic carbocycles. The average molecular weight is 288 g/mol. The van der Waals surface area contributed by atoms with E-state index in [0.717, 1.165) is 31.2 Å². The highest BCUT2D eigenvalue weighted by molar-refractivity contribution is 5.87. The van der Waals surface area contributed by atoms with E-state index in [1.54, 1.807) is 0 Å². The lowest BCUT2D eigenvalue weighted by Crippen LogP contribution is -2.49. The first-order valence-corrected chi connectivity index (χ1v) is 7.66. The number of amides is 2. The fourth-order valence-corrected chi connectivity index (χ4v) is 2.91. The molecule has 4 nitrogen and oxygen atoms in total. The smallest absolute Gasteiger partial charge is 0.243 e. The summed E-state index contributed by atoms with van der Waals surface area (Å²) >= 11 is 0. The first-order valence-electron chi connectivity index (χ1n) is 7.66. The van der Waals surface area contributed by atoms with Crippen LogP contribution in [0.5, 0.6) is 0 Å². The number of carbonyl (C=O) groups is 2. The van der Waals surface area contributed by atoms with Crippen molar-refractivity contribution in [2.75, 3.05) is 0 Å².